The number of hydrogen-bond donors (Lipinski definition) is 1. The third kappa shape index (κ3) is 5.28. The van der Waals surface area contributed by atoms with Gasteiger partial charge >= 0.3 is 0 Å². The second-order valence-electron chi connectivity index (χ2n) is 6.16. The van der Waals surface area contributed by atoms with Crippen molar-refractivity contribution in [2.24, 2.45) is 0 Å². The van der Waals surface area contributed by atoms with Crippen molar-refractivity contribution in [3.05, 3.63) is 59.1 Å². The van der Waals surface area contributed by atoms with Gasteiger partial charge in [-0.15, -0.1) is 11.3 Å². The predicted octanol–water partition coefficient (Wildman–Crippen LogP) is 3.92. The van der Waals surface area contributed by atoms with Gasteiger partial charge in [0.25, 0.3) is 0 Å². The molecule has 0 unspecified atom stereocenters. The summed E-state index contributed by atoms with van der Waals surface area (Å²) in [7, 11) is 0. The molecule has 26 heavy (non-hydrogen) atoms. The van der Waals surface area contributed by atoms with Gasteiger partial charge in [0.15, 0.2) is 0 Å². The summed E-state index contributed by atoms with van der Waals surface area (Å²) in [5, 5.41) is 3.73. The number of rotatable bonds is 8. The Morgan fingerprint density at radius 1 is 1.15 bits per heavy atom. The van der Waals surface area contributed by atoms with Crippen LogP contribution in [-0.4, -0.2) is 23.6 Å². The van der Waals surface area contributed by atoms with Crippen LogP contribution >= 0.6 is 11.3 Å². The zero-order valence-electron chi connectivity index (χ0n) is 14.9. The van der Waals surface area contributed by atoms with E-state index < -0.39 is 0 Å². The van der Waals surface area contributed by atoms with E-state index in [2.05, 4.69) is 10.3 Å². The summed E-state index contributed by atoms with van der Waals surface area (Å²) < 4.78 is 12.2. The molecule has 1 amide bonds. The molecule has 0 fully saturated rings. The molecule has 1 aromatic heterocycles. The van der Waals surface area contributed by atoms with Crippen molar-refractivity contribution in [1.29, 1.82) is 0 Å². The molecule has 0 saturated heterocycles. The van der Waals surface area contributed by atoms with E-state index in [1.807, 2.05) is 62.4 Å². The molecular formula is C20H22N2O3S. The van der Waals surface area contributed by atoms with Crippen LogP contribution < -0.4 is 10.1 Å². The maximum Gasteiger partial charge on any atom is 0.246 e. The first-order valence-electron chi connectivity index (χ1n) is 8.54. The van der Waals surface area contributed by atoms with E-state index in [9.17, 15) is 4.79 Å². The van der Waals surface area contributed by atoms with Crippen LogP contribution in [0.4, 0.5) is 0 Å². The lowest BCUT2D eigenvalue weighted by Crippen LogP contribution is -2.27. The monoisotopic (exact) mass is 370 g/mol. The van der Waals surface area contributed by atoms with Crippen LogP contribution in [0.1, 0.15) is 24.4 Å². The number of carbonyl (C=O) groups excluding carboxylic acids is 1. The SMILES string of the molecule is CC(C)Oc1ccc(CNC(=O)COCc2nc3ccccc3s2)cc1. The molecule has 0 aliphatic rings. The topological polar surface area (TPSA) is 60.5 Å². The van der Waals surface area contributed by atoms with E-state index in [-0.39, 0.29) is 18.6 Å². The molecule has 0 aliphatic heterocycles. The largest absolute Gasteiger partial charge is 0.491 e. The molecule has 136 valence electrons. The first kappa shape index (κ1) is 18.4. The molecule has 3 aromatic rings. The number of nitrogens with one attached hydrogen (secondary N) is 1. The lowest BCUT2D eigenvalue weighted by molar-refractivity contribution is -0.126. The average molecular weight is 370 g/mol. The number of nitrogens with zero attached hydrogens (tertiary/aromatic N) is 1. The third-order valence-corrected chi connectivity index (χ3v) is 4.59. The zero-order chi connectivity index (χ0) is 18.4. The number of ether oxygens (including phenoxy) is 2. The molecule has 0 bridgehead atoms. The number of carbonyl (C=O) groups is 1. The van der Waals surface area contributed by atoms with Crippen molar-refractivity contribution in [2.45, 2.75) is 33.1 Å². The van der Waals surface area contributed by atoms with Crippen LogP contribution in [0.5, 0.6) is 5.75 Å². The number of thiazole rings is 1. The summed E-state index contributed by atoms with van der Waals surface area (Å²) in [6.45, 7) is 4.80. The van der Waals surface area contributed by atoms with Gasteiger partial charge in [0.2, 0.25) is 5.91 Å². The zero-order valence-corrected chi connectivity index (χ0v) is 15.7. The minimum Gasteiger partial charge on any atom is -0.491 e. The first-order chi connectivity index (χ1) is 12.6. The van der Waals surface area contributed by atoms with Crippen molar-refractivity contribution >= 4 is 27.5 Å². The minimum atomic E-state index is -0.145. The number of para-hydroxylation sites is 1. The van der Waals surface area contributed by atoms with E-state index in [1.165, 1.54) is 0 Å². The molecular weight excluding hydrogens is 348 g/mol. The summed E-state index contributed by atoms with van der Waals surface area (Å²) >= 11 is 1.58. The Balaban J connectivity index is 1.40. The molecule has 0 radical (unpaired) electrons. The van der Waals surface area contributed by atoms with Gasteiger partial charge in [0.05, 0.1) is 22.9 Å². The number of benzene rings is 2. The standard InChI is InChI=1S/C20H22N2O3S/c1-14(2)25-16-9-7-15(8-10-16)11-21-19(23)12-24-13-20-22-17-5-3-4-6-18(17)26-20/h3-10,14H,11-13H2,1-2H3,(H,21,23). The quantitative estimate of drug-likeness (QED) is 0.653. The van der Waals surface area contributed by atoms with Gasteiger partial charge < -0.3 is 14.8 Å². The molecule has 0 saturated carbocycles. The van der Waals surface area contributed by atoms with Crippen LogP contribution in [0, 0.1) is 0 Å². The van der Waals surface area contributed by atoms with Gasteiger partial charge in [-0.1, -0.05) is 24.3 Å². The van der Waals surface area contributed by atoms with Crippen LogP contribution in [-0.2, 0) is 22.7 Å². The number of amides is 1. The van der Waals surface area contributed by atoms with Crippen LogP contribution in [0.3, 0.4) is 0 Å². The van der Waals surface area contributed by atoms with Crippen molar-refractivity contribution < 1.29 is 14.3 Å². The molecule has 6 heteroatoms. The van der Waals surface area contributed by atoms with Crippen LogP contribution in [0.25, 0.3) is 10.2 Å². The molecule has 1 N–H and O–H groups in total. The van der Waals surface area contributed by atoms with Gasteiger partial charge in [-0.05, 0) is 43.7 Å². The molecule has 3 rings (SSSR count). The second kappa shape index (κ2) is 8.78. The summed E-state index contributed by atoms with van der Waals surface area (Å²) in [4.78, 5) is 16.4. The van der Waals surface area contributed by atoms with Crippen molar-refractivity contribution in [1.82, 2.24) is 10.3 Å². The van der Waals surface area contributed by atoms with E-state index in [4.69, 9.17) is 9.47 Å². The lowest BCUT2D eigenvalue weighted by Gasteiger charge is -2.10. The fourth-order valence-corrected chi connectivity index (χ4v) is 3.33. The highest BCUT2D eigenvalue weighted by atomic mass is 32.1. The van der Waals surface area contributed by atoms with Gasteiger partial charge in [0, 0.05) is 6.54 Å². The van der Waals surface area contributed by atoms with Crippen LogP contribution in [0.2, 0.25) is 0 Å². The Kier molecular flexibility index (Phi) is 6.20. The molecule has 0 spiro atoms. The van der Waals surface area contributed by atoms with Crippen molar-refractivity contribution in [2.75, 3.05) is 6.61 Å². The van der Waals surface area contributed by atoms with Gasteiger partial charge in [-0.3, -0.25) is 4.79 Å². The van der Waals surface area contributed by atoms with Gasteiger partial charge in [0.1, 0.15) is 17.4 Å². The molecule has 0 atom stereocenters. The first-order valence-corrected chi connectivity index (χ1v) is 9.36. The third-order valence-electron chi connectivity index (χ3n) is 3.58. The Morgan fingerprint density at radius 3 is 2.65 bits per heavy atom. The molecule has 5 nitrogen and oxygen atoms in total. The van der Waals surface area contributed by atoms with E-state index in [0.29, 0.717) is 13.2 Å². The highest BCUT2D eigenvalue weighted by molar-refractivity contribution is 7.18. The maximum absolute atomic E-state index is 11.9. The minimum absolute atomic E-state index is 0.0183. The summed E-state index contributed by atoms with van der Waals surface area (Å²) in [5.74, 6) is 0.683. The lowest BCUT2D eigenvalue weighted by atomic mass is 10.2. The maximum atomic E-state index is 11.9. The predicted molar refractivity (Wildman–Crippen MR) is 103 cm³/mol. The Hall–Kier alpha value is -2.44. The Morgan fingerprint density at radius 2 is 1.92 bits per heavy atom. The summed E-state index contributed by atoms with van der Waals surface area (Å²) in [5.41, 5.74) is 1.98. The van der Waals surface area contributed by atoms with Gasteiger partial charge in [-0.2, -0.15) is 0 Å². The molecule has 1 heterocycles. The fourth-order valence-electron chi connectivity index (χ4n) is 2.42. The van der Waals surface area contributed by atoms with Gasteiger partial charge in [-0.25, -0.2) is 4.98 Å². The highest BCUT2D eigenvalue weighted by Gasteiger charge is 2.06. The van der Waals surface area contributed by atoms with E-state index in [0.717, 1.165) is 26.5 Å². The second-order valence-corrected chi connectivity index (χ2v) is 7.27. The normalized spacial score (nSPS) is 11.0. The number of hydrogen-bond acceptors (Lipinski definition) is 5. The molecule has 2 aromatic carbocycles. The van der Waals surface area contributed by atoms with E-state index in [1.54, 1.807) is 11.3 Å². The fraction of sp³-hybridized carbons (Fsp3) is 0.300. The van der Waals surface area contributed by atoms with Crippen molar-refractivity contribution in [3.8, 4) is 5.75 Å². The van der Waals surface area contributed by atoms with E-state index >= 15 is 0 Å². The van der Waals surface area contributed by atoms with Crippen molar-refractivity contribution in [3.63, 3.8) is 0 Å². The summed E-state index contributed by atoms with van der Waals surface area (Å²) in [6.07, 6.45) is 0.146. The summed E-state index contributed by atoms with van der Waals surface area (Å²) in [6, 6.07) is 15.7. The Labute approximate surface area is 157 Å². The Bertz CT molecular complexity index is 826. The number of fused-ring (bicyclic) bond motifs is 1. The average Bonchev–Trinajstić information content (AvgIpc) is 3.03. The van der Waals surface area contributed by atoms with Crippen LogP contribution in [0.15, 0.2) is 48.5 Å². The smallest absolute Gasteiger partial charge is 0.246 e. The highest BCUT2D eigenvalue weighted by Crippen LogP contribution is 2.21. The number of aromatic nitrogens is 1. The molecule has 0 aliphatic carbocycles.